The number of benzene rings is 2. The molecule has 2 aromatic carbocycles. The summed E-state index contributed by atoms with van der Waals surface area (Å²) >= 11 is 0. The predicted octanol–water partition coefficient (Wildman–Crippen LogP) is 4.14. The van der Waals surface area contributed by atoms with Crippen LogP contribution in [0.15, 0.2) is 52.0 Å². The number of aryl methyl sites for hydroxylation is 1. The number of ether oxygens (including phenoxy) is 1. The Morgan fingerprint density at radius 3 is 2.59 bits per heavy atom. The Labute approximate surface area is 193 Å². The van der Waals surface area contributed by atoms with Crippen LogP contribution in [0, 0.1) is 12.8 Å². The van der Waals surface area contributed by atoms with Gasteiger partial charge in [-0.1, -0.05) is 12.1 Å². The van der Waals surface area contributed by atoms with Gasteiger partial charge in [-0.05, 0) is 37.3 Å². The standard InChI is InChI=1S/C23H21F2N5O4/c1-12-19(20(31)26-15-7-5-6-14(10-15)23(3,24)25)22(32)30(29-12)16-8-9-18(33-4)17(11-16)21-28-27-13(2)34-21/h5-11,19H,1-4H3,(H,26,31). The van der Waals surface area contributed by atoms with Crippen LogP contribution >= 0.6 is 0 Å². The molecule has 0 saturated heterocycles. The van der Waals surface area contributed by atoms with Gasteiger partial charge in [0, 0.05) is 25.1 Å². The van der Waals surface area contributed by atoms with E-state index < -0.39 is 23.7 Å². The Morgan fingerprint density at radius 1 is 1.18 bits per heavy atom. The molecular formula is C23H21F2N5O4. The Bertz CT molecular complexity index is 1300. The minimum absolute atomic E-state index is 0.154. The Hall–Kier alpha value is -4.15. The van der Waals surface area contributed by atoms with Crippen molar-refractivity contribution in [3.05, 3.63) is 53.9 Å². The summed E-state index contributed by atoms with van der Waals surface area (Å²) in [4.78, 5) is 26.0. The normalized spacial score (nSPS) is 15.9. The summed E-state index contributed by atoms with van der Waals surface area (Å²) in [5.41, 5.74) is 0.967. The molecule has 176 valence electrons. The number of hydrazone groups is 1. The van der Waals surface area contributed by atoms with Crippen molar-refractivity contribution >= 4 is 28.9 Å². The lowest BCUT2D eigenvalue weighted by Crippen LogP contribution is -2.36. The molecule has 0 saturated carbocycles. The fourth-order valence-corrected chi connectivity index (χ4v) is 3.54. The molecule has 0 radical (unpaired) electrons. The van der Waals surface area contributed by atoms with Crippen LogP contribution in [0.5, 0.6) is 5.75 Å². The Balaban J connectivity index is 1.59. The van der Waals surface area contributed by atoms with E-state index in [2.05, 4.69) is 20.6 Å². The second-order valence-corrected chi connectivity index (χ2v) is 7.79. The zero-order valence-electron chi connectivity index (χ0n) is 18.8. The van der Waals surface area contributed by atoms with Gasteiger partial charge in [0.2, 0.25) is 11.8 Å². The lowest BCUT2D eigenvalue weighted by atomic mass is 10.0. The summed E-state index contributed by atoms with van der Waals surface area (Å²) < 4.78 is 38.1. The molecule has 0 aliphatic carbocycles. The van der Waals surface area contributed by atoms with Crippen LogP contribution in [-0.2, 0) is 15.5 Å². The van der Waals surface area contributed by atoms with Gasteiger partial charge in [0.05, 0.1) is 24.1 Å². The molecule has 9 nitrogen and oxygen atoms in total. The molecule has 0 spiro atoms. The maximum Gasteiger partial charge on any atom is 0.270 e. The molecule has 2 amide bonds. The highest BCUT2D eigenvalue weighted by molar-refractivity contribution is 6.28. The number of anilines is 2. The predicted molar refractivity (Wildman–Crippen MR) is 120 cm³/mol. The number of hydrogen-bond donors (Lipinski definition) is 1. The van der Waals surface area contributed by atoms with E-state index in [0.29, 0.717) is 22.9 Å². The molecule has 1 aliphatic heterocycles. The van der Waals surface area contributed by atoms with Crippen LogP contribution in [-0.4, -0.2) is 34.8 Å². The molecule has 3 aromatic rings. The van der Waals surface area contributed by atoms with E-state index in [1.165, 1.54) is 31.4 Å². The van der Waals surface area contributed by atoms with Crippen molar-refractivity contribution in [2.45, 2.75) is 26.7 Å². The van der Waals surface area contributed by atoms with E-state index in [4.69, 9.17) is 9.15 Å². The van der Waals surface area contributed by atoms with Gasteiger partial charge in [-0.15, -0.1) is 10.2 Å². The minimum atomic E-state index is -3.07. The second-order valence-electron chi connectivity index (χ2n) is 7.79. The largest absolute Gasteiger partial charge is 0.496 e. The maximum atomic E-state index is 13.6. The summed E-state index contributed by atoms with van der Waals surface area (Å²) in [7, 11) is 1.48. The number of nitrogens with zero attached hydrogens (tertiary/aromatic N) is 4. The number of aromatic nitrogens is 2. The van der Waals surface area contributed by atoms with Gasteiger partial charge < -0.3 is 14.5 Å². The third-order valence-electron chi connectivity index (χ3n) is 5.21. The van der Waals surface area contributed by atoms with Crippen LogP contribution in [0.3, 0.4) is 0 Å². The second kappa shape index (κ2) is 8.65. The topological polar surface area (TPSA) is 110 Å². The molecule has 1 N–H and O–H groups in total. The number of halogens is 2. The zero-order valence-corrected chi connectivity index (χ0v) is 18.8. The number of rotatable bonds is 6. The van der Waals surface area contributed by atoms with Crippen LogP contribution < -0.4 is 15.1 Å². The van der Waals surface area contributed by atoms with Gasteiger partial charge in [0.15, 0.2) is 5.92 Å². The molecule has 1 atom stereocenters. The highest BCUT2D eigenvalue weighted by Gasteiger charge is 2.40. The van der Waals surface area contributed by atoms with Gasteiger partial charge in [-0.2, -0.15) is 10.1 Å². The van der Waals surface area contributed by atoms with Gasteiger partial charge >= 0.3 is 0 Å². The first-order valence-corrected chi connectivity index (χ1v) is 10.3. The van der Waals surface area contributed by atoms with Crippen LogP contribution in [0.4, 0.5) is 20.2 Å². The first kappa shape index (κ1) is 23.0. The van der Waals surface area contributed by atoms with Crippen molar-refractivity contribution in [1.29, 1.82) is 0 Å². The molecule has 2 heterocycles. The number of alkyl halides is 2. The molecule has 1 aromatic heterocycles. The van der Waals surface area contributed by atoms with Crippen LogP contribution in [0.2, 0.25) is 0 Å². The Kier molecular flexibility index (Phi) is 5.86. The summed E-state index contributed by atoms with van der Waals surface area (Å²) in [5, 5.41) is 15.7. The molecule has 1 aliphatic rings. The molecule has 0 fully saturated rings. The first-order chi connectivity index (χ1) is 16.1. The van der Waals surface area contributed by atoms with Crippen molar-refractivity contribution in [3.8, 4) is 17.2 Å². The number of hydrogen-bond acceptors (Lipinski definition) is 7. The highest BCUT2D eigenvalue weighted by atomic mass is 19.3. The zero-order chi connectivity index (χ0) is 24.6. The fraction of sp³-hybridized carbons (Fsp3) is 0.261. The SMILES string of the molecule is COc1ccc(N2N=C(C)C(C(=O)Nc3cccc(C(C)(F)F)c3)C2=O)cc1-c1nnc(C)o1. The van der Waals surface area contributed by atoms with Gasteiger partial charge in [-0.3, -0.25) is 9.59 Å². The summed E-state index contributed by atoms with van der Waals surface area (Å²) in [6.07, 6.45) is 0. The maximum absolute atomic E-state index is 13.6. The van der Waals surface area contributed by atoms with Gasteiger partial charge in [0.1, 0.15) is 5.75 Å². The minimum Gasteiger partial charge on any atom is -0.496 e. The average Bonchev–Trinajstić information content (AvgIpc) is 3.35. The third-order valence-corrected chi connectivity index (χ3v) is 5.21. The van der Waals surface area contributed by atoms with E-state index in [1.807, 2.05) is 0 Å². The number of carbonyl (C=O) groups is 2. The Morgan fingerprint density at radius 2 is 1.94 bits per heavy atom. The molecule has 4 rings (SSSR count). The lowest BCUT2D eigenvalue weighted by Gasteiger charge is -2.16. The van der Waals surface area contributed by atoms with Gasteiger partial charge in [-0.25, -0.2) is 8.78 Å². The van der Waals surface area contributed by atoms with Crippen molar-refractivity contribution in [1.82, 2.24) is 10.2 Å². The molecule has 11 heteroatoms. The van der Waals surface area contributed by atoms with Crippen molar-refractivity contribution in [3.63, 3.8) is 0 Å². The molecule has 1 unspecified atom stereocenters. The summed E-state index contributed by atoms with van der Waals surface area (Å²) in [6.45, 7) is 3.96. The summed E-state index contributed by atoms with van der Waals surface area (Å²) in [6, 6.07) is 10.1. The van der Waals surface area contributed by atoms with Crippen LogP contribution in [0.1, 0.15) is 25.3 Å². The monoisotopic (exact) mass is 469 g/mol. The van der Waals surface area contributed by atoms with E-state index in [0.717, 1.165) is 11.9 Å². The average molecular weight is 469 g/mol. The smallest absolute Gasteiger partial charge is 0.270 e. The number of amides is 2. The third kappa shape index (κ3) is 4.36. The molecule has 0 bridgehead atoms. The fourth-order valence-electron chi connectivity index (χ4n) is 3.54. The van der Waals surface area contributed by atoms with Crippen molar-refractivity contribution in [2.75, 3.05) is 17.4 Å². The number of carbonyl (C=O) groups excluding carboxylic acids is 2. The first-order valence-electron chi connectivity index (χ1n) is 10.3. The van der Waals surface area contributed by atoms with E-state index in [1.54, 1.807) is 32.0 Å². The number of methoxy groups -OCH3 is 1. The number of nitrogens with one attached hydrogen (secondary N) is 1. The van der Waals surface area contributed by atoms with E-state index >= 15 is 0 Å². The van der Waals surface area contributed by atoms with Crippen LogP contribution in [0.25, 0.3) is 11.5 Å². The van der Waals surface area contributed by atoms with Crippen molar-refractivity contribution in [2.24, 2.45) is 11.0 Å². The van der Waals surface area contributed by atoms with Crippen molar-refractivity contribution < 1.29 is 27.5 Å². The lowest BCUT2D eigenvalue weighted by molar-refractivity contribution is -0.127. The molecular weight excluding hydrogens is 448 g/mol. The highest BCUT2D eigenvalue weighted by Crippen LogP contribution is 2.35. The molecule has 34 heavy (non-hydrogen) atoms. The van der Waals surface area contributed by atoms with E-state index in [-0.39, 0.29) is 22.9 Å². The quantitative estimate of drug-likeness (QED) is 0.544. The van der Waals surface area contributed by atoms with E-state index in [9.17, 15) is 18.4 Å². The summed E-state index contributed by atoms with van der Waals surface area (Å²) in [5.74, 6) is -4.55. The van der Waals surface area contributed by atoms with Gasteiger partial charge in [0.25, 0.3) is 17.7 Å².